The van der Waals surface area contributed by atoms with Gasteiger partial charge >= 0.3 is 0 Å². The lowest BCUT2D eigenvalue weighted by Crippen LogP contribution is -1.89. The quantitative estimate of drug-likeness (QED) is 0.523. The topological polar surface area (TPSA) is 38.9 Å². The molecule has 2 rings (SSSR count). The summed E-state index contributed by atoms with van der Waals surface area (Å²) in [5.41, 5.74) is 6.84. The fourth-order valence-electron chi connectivity index (χ4n) is 1.36. The number of hydrogen-bond acceptors (Lipinski definition) is 3. The van der Waals surface area contributed by atoms with Crippen molar-refractivity contribution in [3.63, 3.8) is 0 Å². The van der Waals surface area contributed by atoms with Crippen LogP contribution in [-0.4, -0.2) is 4.98 Å². The maximum Gasteiger partial charge on any atom is 0.129 e. The van der Waals surface area contributed by atoms with E-state index >= 15 is 0 Å². The summed E-state index contributed by atoms with van der Waals surface area (Å²) in [6, 6.07) is 9.91. The van der Waals surface area contributed by atoms with E-state index in [1.165, 1.54) is 23.9 Å². The first kappa shape index (κ1) is 12.2. The number of hydrogen-bond donors (Lipinski definition) is 1. The number of aromatic nitrogens is 1. The van der Waals surface area contributed by atoms with Crippen LogP contribution in [0.5, 0.6) is 0 Å². The Labute approximate surface area is 108 Å². The van der Waals surface area contributed by atoms with Crippen LogP contribution in [0.1, 0.15) is 5.69 Å². The number of anilines is 1. The van der Waals surface area contributed by atoms with E-state index in [9.17, 15) is 4.39 Å². The van der Waals surface area contributed by atoms with Gasteiger partial charge in [0.05, 0.1) is 5.69 Å². The fraction of sp³-hybridized carbons (Fsp3) is 0.0833. The van der Waals surface area contributed by atoms with Crippen LogP contribution in [0.2, 0.25) is 5.15 Å². The molecule has 0 bridgehead atoms. The van der Waals surface area contributed by atoms with Crippen molar-refractivity contribution in [2.45, 2.75) is 10.6 Å². The minimum atomic E-state index is -0.327. The van der Waals surface area contributed by atoms with Gasteiger partial charge in [-0.3, -0.25) is 0 Å². The molecule has 0 spiro atoms. The Bertz CT molecular complexity index is 513. The van der Waals surface area contributed by atoms with Gasteiger partial charge in [0, 0.05) is 16.3 Å². The zero-order chi connectivity index (χ0) is 12.3. The van der Waals surface area contributed by atoms with E-state index in [-0.39, 0.29) is 5.82 Å². The van der Waals surface area contributed by atoms with E-state index in [4.69, 9.17) is 17.3 Å². The number of nitrogens with two attached hydrogens (primary N) is 1. The predicted octanol–water partition coefficient (Wildman–Crippen LogP) is 3.75. The first-order valence-corrected chi connectivity index (χ1v) is 6.30. The lowest BCUT2D eigenvalue weighted by atomic mass is 10.3. The number of benzene rings is 1. The Morgan fingerprint density at radius 2 is 2.12 bits per heavy atom. The standard InChI is InChI=1S/C12H10ClFN2S/c13-12-3-1-2-10(16-12)7-17-11-5-8(14)4-9(15)6-11/h1-6H,7,15H2. The van der Waals surface area contributed by atoms with Crippen molar-refractivity contribution in [3.8, 4) is 0 Å². The SMILES string of the molecule is Nc1cc(F)cc(SCc2cccc(Cl)n2)c1. The van der Waals surface area contributed by atoms with Crippen LogP contribution < -0.4 is 5.73 Å². The van der Waals surface area contributed by atoms with Gasteiger partial charge in [0.1, 0.15) is 11.0 Å². The van der Waals surface area contributed by atoms with Crippen LogP contribution in [0.25, 0.3) is 0 Å². The van der Waals surface area contributed by atoms with Gasteiger partial charge in [0.15, 0.2) is 0 Å². The summed E-state index contributed by atoms with van der Waals surface area (Å²) in [4.78, 5) is 4.93. The molecular formula is C12H10ClFN2S. The third kappa shape index (κ3) is 3.61. The van der Waals surface area contributed by atoms with Crippen molar-refractivity contribution < 1.29 is 4.39 Å². The third-order valence-corrected chi connectivity index (χ3v) is 3.27. The highest BCUT2D eigenvalue weighted by atomic mass is 35.5. The monoisotopic (exact) mass is 268 g/mol. The first-order valence-electron chi connectivity index (χ1n) is 4.94. The average Bonchev–Trinajstić information content (AvgIpc) is 2.25. The van der Waals surface area contributed by atoms with Gasteiger partial charge in [-0.15, -0.1) is 11.8 Å². The number of nitrogens with zero attached hydrogens (tertiary/aromatic N) is 1. The molecule has 1 aromatic carbocycles. The van der Waals surface area contributed by atoms with Crippen LogP contribution >= 0.6 is 23.4 Å². The van der Waals surface area contributed by atoms with Gasteiger partial charge < -0.3 is 5.73 Å². The van der Waals surface area contributed by atoms with Crippen LogP contribution in [0.4, 0.5) is 10.1 Å². The Morgan fingerprint density at radius 3 is 2.82 bits per heavy atom. The zero-order valence-electron chi connectivity index (χ0n) is 8.86. The Hall–Kier alpha value is -1.26. The molecule has 0 unspecified atom stereocenters. The van der Waals surface area contributed by atoms with Crippen molar-refractivity contribution in [1.29, 1.82) is 0 Å². The molecule has 1 heterocycles. The molecular weight excluding hydrogens is 259 g/mol. The molecule has 1 aromatic heterocycles. The number of pyridine rings is 1. The van der Waals surface area contributed by atoms with Gasteiger partial charge in [-0.05, 0) is 30.3 Å². The van der Waals surface area contributed by atoms with Crippen molar-refractivity contribution in [3.05, 3.63) is 53.1 Å². The second-order valence-electron chi connectivity index (χ2n) is 3.46. The van der Waals surface area contributed by atoms with Crippen molar-refractivity contribution in [1.82, 2.24) is 4.98 Å². The molecule has 17 heavy (non-hydrogen) atoms. The Morgan fingerprint density at radius 1 is 1.29 bits per heavy atom. The number of halogens is 2. The van der Waals surface area contributed by atoms with Crippen molar-refractivity contribution in [2.24, 2.45) is 0 Å². The molecule has 0 amide bonds. The zero-order valence-corrected chi connectivity index (χ0v) is 10.4. The minimum absolute atomic E-state index is 0.327. The maximum absolute atomic E-state index is 13.1. The normalized spacial score (nSPS) is 10.5. The van der Waals surface area contributed by atoms with E-state index in [1.54, 1.807) is 12.1 Å². The summed E-state index contributed by atoms with van der Waals surface area (Å²) in [7, 11) is 0. The van der Waals surface area contributed by atoms with Gasteiger partial charge in [-0.2, -0.15) is 0 Å². The molecule has 5 heteroatoms. The summed E-state index contributed by atoms with van der Waals surface area (Å²) >= 11 is 7.25. The van der Waals surface area contributed by atoms with Crippen molar-refractivity contribution >= 4 is 29.1 Å². The second kappa shape index (κ2) is 5.38. The van der Waals surface area contributed by atoms with Gasteiger partial charge in [-0.25, -0.2) is 9.37 Å². The number of thioether (sulfide) groups is 1. The molecule has 0 aliphatic carbocycles. The van der Waals surface area contributed by atoms with Gasteiger partial charge in [0.2, 0.25) is 0 Å². The van der Waals surface area contributed by atoms with Crippen LogP contribution in [0.3, 0.4) is 0 Å². The first-order chi connectivity index (χ1) is 8.13. The van der Waals surface area contributed by atoms with Crippen molar-refractivity contribution in [2.75, 3.05) is 5.73 Å². The van der Waals surface area contributed by atoms with Gasteiger partial charge in [-0.1, -0.05) is 17.7 Å². The fourth-order valence-corrected chi connectivity index (χ4v) is 2.43. The molecule has 2 nitrogen and oxygen atoms in total. The lowest BCUT2D eigenvalue weighted by Gasteiger charge is -2.03. The van der Waals surface area contributed by atoms with E-state index < -0.39 is 0 Å². The molecule has 0 saturated carbocycles. The lowest BCUT2D eigenvalue weighted by molar-refractivity contribution is 0.625. The molecule has 2 aromatic rings. The number of rotatable bonds is 3. The summed E-state index contributed by atoms with van der Waals surface area (Å²) in [5.74, 6) is 0.301. The molecule has 0 aliphatic rings. The Balaban J connectivity index is 2.07. The molecule has 0 fully saturated rings. The van der Waals surface area contributed by atoms with E-state index in [2.05, 4.69) is 4.98 Å². The molecule has 2 N–H and O–H groups in total. The molecule has 0 radical (unpaired) electrons. The average molecular weight is 269 g/mol. The van der Waals surface area contributed by atoms with Gasteiger partial charge in [0.25, 0.3) is 0 Å². The molecule has 0 aliphatic heterocycles. The van der Waals surface area contributed by atoms with Crippen LogP contribution in [0, 0.1) is 5.82 Å². The highest BCUT2D eigenvalue weighted by Crippen LogP contribution is 2.25. The third-order valence-electron chi connectivity index (χ3n) is 2.05. The van der Waals surface area contributed by atoms with E-state index in [0.29, 0.717) is 16.6 Å². The summed E-state index contributed by atoms with van der Waals surface area (Å²) in [5, 5.41) is 0.460. The minimum Gasteiger partial charge on any atom is -0.399 e. The smallest absolute Gasteiger partial charge is 0.129 e. The molecule has 0 atom stereocenters. The molecule has 88 valence electrons. The highest BCUT2D eigenvalue weighted by Gasteiger charge is 2.01. The summed E-state index contributed by atoms with van der Waals surface area (Å²) in [6.07, 6.45) is 0. The Kier molecular flexibility index (Phi) is 3.86. The molecule has 0 saturated heterocycles. The number of nitrogen functional groups attached to an aromatic ring is 1. The largest absolute Gasteiger partial charge is 0.399 e. The van der Waals surface area contributed by atoms with E-state index in [1.807, 2.05) is 12.1 Å². The summed E-state index contributed by atoms with van der Waals surface area (Å²) in [6.45, 7) is 0. The maximum atomic E-state index is 13.1. The van der Waals surface area contributed by atoms with Crippen LogP contribution in [-0.2, 0) is 5.75 Å². The predicted molar refractivity (Wildman–Crippen MR) is 69.6 cm³/mol. The second-order valence-corrected chi connectivity index (χ2v) is 4.90. The highest BCUT2D eigenvalue weighted by molar-refractivity contribution is 7.98. The van der Waals surface area contributed by atoms with E-state index in [0.717, 1.165) is 10.6 Å². The van der Waals surface area contributed by atoms with Crippen LogP contribution in [0.15, 0.2) is 41.3 Å². The summed E-state index contributed by atoms with van der Waals surface area (Å²) < 4.78 is 13.1.